The van der Waals surface area contributed by atoms with E-state index in [-0.39, 0.29) is 12.1 Å². The lowest BCUT2D eigenvalue weighted by Crippen LogP contribution is -2.50. The first kappa shape index (κ1) is 11.7. The van der Waals surface area contributed by atoms with Gasteiger partial charge in [0.15, 0.2) is 0 Å². The highest BCUT2D eigenvalue weighted by Crippen LogP contribution is 2.28. The van der Waals surface area contributed by atoms with Gasteiger partial charge in [0.2, 0.25) is 0 Å². The van der Waals surface area contributed by atoms with E-state index in [9.17, 15) is 5.11 Å². The molecule has 1 saturated heterocycles. The quantitative estimate of drug-likeness (QED) is 0.756. The monoisotopic (exact) mass is 240 g/mol. The molecular weight excluding hydrogens is 224 g/mol. The van der Waals surface area contributed by atoms with Crippen LogP contribution in [0.4, 0.5) is 5.69 Å². The first-order valence-corrected chi connectivity index (χ1v) is 5.98. The number of anilines is 1. The molecule has 4 heteroatoms. The zero-order chi connectivity index (χ0) is 11.4. The van der Waals surface area contributed by atoms with E-state index >= 15 is 0 Å². The third-order valence-corrected chi connectivity index (χ3v) is 3.47. The van der Waals surface area contributed by atoms with Crippen molar-refractivity contribution in [1.29, 1.82) is 0 Å². The van der Waals surface area contributed by atoms with E-state index in [1.807, 2.05) is 24.3 Å². The van der Waals surface area contributed by atoms with Gasteiger partial charge in [-0.25, -0.2) is 0 Å². The van der Waals surface area contributed by atoms with Crippen LogP contribution < -0.4 is 10.6 Å². The lowest BCUT2D eigenvalue weighted by Gasteiger charge is -2.38. The summed E-state index contributed by atoms with van der Waals surface area (Å²) in [4.78, 5) is 0. The molecule has 0 atom stereocenters. The van der Waals surface area contributed by atoms with E-state index in [2.05, 4.69) is 10.6 Å². The number of aliphatic hydroxyl groups is 1. The number of aliphatic hydroxyl groups excluding tert-OH is 1. The number of halogens is 1. The van der Waals surface area contributed by atoms with Gasteiger partial charge in [-0.1, -0.05) is 23.7 Å². The van der Waals surface area contributed by atoms with Crippen LogP contribution in [0.1, 0.15) is 12.8 Å². The Morgan fingerprint density at radius 3 is 2.62 bits per heavy atom. The van der Waals surface area contributed by atoms with Crippen LogP contribution in [0.3, 0.4) is 0 Å². The maximum atomic E-state index is 9.56. The van der Waals surface area contributed by atoms with Gasteiger partial charge in [-0.3, -0.25) is 0 Å². The van der Waals surface area contributed by atoms with Gasteiger partial charge in [0, 0.05) is 0 Å². The molecular formula is C12H17ClN2O. The van der Waals surface area contributed by atoms with Crippen LogP contribution in [0.25, 0.3) is 0 Å². The highest BCUT2D eigenvalue weighted by atomic mass is 35.5. The molecule has 88 valence electrons. The minimum Gasteiger partial charge on any atom is -0.394 e. The Hall–Kier alpha value is -0.770. The summed E-state index contributed by atoms with van der Waals surface area (Å²) in [6, 6.07) is 7.65. The van der Waals surface area contributed by atoms with Gasteiger partial charge >= 0.3 is 0 Å². The van der Waals surface area contributed by atoms with Crippen LogP contribution in [0, 0.1) is 0 Å². The topological polar surface area (TPSA) is 44.3 Å². The average Bonchev–Trinajstić information content (AvgIpc) is 2.33. The van der Waals surface area contributed by atoms with Gasteiger partial charge in [0.05, 0.1) is 22.9 Å². The maximum absolute atomic E-state index is 9.56. The van der Waals surface area contributed by atoms with E-state index in [1.54, 1.807) is 0 Å². The Labute approximate surface area is 101 Å². The fourth-order valence-electron chi connectivity index (χ4n) is 2.08. The van der Waals surface area contributed by atoms with E-state index in [0.717, 1.165) is 31.6 Å². The number of para-hydroxylation sites is 1. The number of piperidine rings is 1. The lowest BCUT2D eigenvalue weighted by atomic mass is 9.89. The molecule has 2 rings (SSSR count). The second-order valence-corrected chi connectivity index (χ2v) is 4.70. The van der Waals surface area contributed by atoms with Gasteiger partial charge in [-0.05, 0) is 38.1 Å². The molecule has 1 heterocycles. The van der Waals surface area contributed by atoms with Crippen molar-refractivity contribution in [1.82, 2.24) is 5.32 Å². The van der Waals surface area contributed by atoms with E-state index in [1.165, 1.54) is 0 Å². The van der Waals surface area contributed by atoms with Crippen molar-refractivity contribution in [2.75, 3.05) is 25.0 Å². The molecule has 0 bridgehead atoms. The summed E-state index contributed by atoms with van der Waals surface area (Å²) in [5, 5.41) is 16.9. The molecule has 0 unspecified atom stereocenters. The largest absolute Gasteiger partial charge is 0.394 e. The lowest BCUT2D eigenvalue weighted by molar-refractivity contribution is 0.179. The minimum absolute atomic E-state index is 0.139. The van der Waals surface area contributed by atoms with Crippen molar-refractivity contribution in [2.24, 2.45) is 0 Å². The molecule has 16 heavy (non-hydrogen) atoms. The first-order valence-electron chi connectivity index (χ1n) is 5.60. The van der Waals surface area contributed by atoms with Crippen molar-refractivity contribution < 1.29 is 5.11 Å². The van der Waals surface area contributed by atoms with Crippen LogP contribution >= 0.6 is 11.6 Å². The minimum atomic E-state index is -0.226. The fraction of sp³-hybridized carbons (Fsp3) is 0.500. The molecule has 0 spiro atoms. The number of hydrogen-bond donors (Lipinski definition) is 3. The molecule has 1 aliphatic heterocycles. The number of nitrogens with one attached hydrogen (secondary N) is 2. The Kier molecular flexibility index (Phi) is 3.69. The Bertz CT molecular complexity index is 351. The van der Waals surface area contributed by atoms with Gasteiger partial charge < -0.3 is 15.7 Å². The fourth-order valence-corrected chi connectivity index (χ4v) is 2.26. The maximum Gasteiger partial charge on any atom is 0.0662 e. The molecule has 0 aromatic heterocycles. The van der Waals surface area contributed by atoms with Crippen LogP contribution in [0.2, 0.25) is 5.02 Å². The van der Waals surface area contributed by atoms with Gasteiger partial charge in [0.1, 0.15) is 0 Å². The first-order chi connectivity index (χ1) is 7.76. The summed E-state index contributed by atoms with van der Waals surface area (Å²) < 4.78 is 0. The summed E-state index contributed by atoms with van der Waals surface area (Å²) in [5.74, 6) is 0. The summed E-state index contributed by atoms with van der Waals surface area (Å²) in [6.07, 6.45) is 1.82. The second-order valence-electron chi connectivity index (χ2n) is 4.29. The highest BCUT2D eigenvalue weighted by Gasteiger charge is 2.31. The number of benzene rings is 1. The van der Waals surface area contributed by atoms with Crippen LogP contribution in [-0.4, -0.2) is 30.3 Å². The van der Waals surface area contributed by atoms with Crippen LogP contribution in [0.15, 0.2) is 24.3 Å². The number of rotatable bonds is 3. The van der Waals surface area contributed by atoms with E-state index in [4.69, 9.17) is 11.6 Å². The normalized spacial score (nSPS) is 19.4. The average molecular weight is 241 g/mol. The van der Waals surface area contributed by atoms with Crippen LogP contribution in [-0.2, 0) is 0 Å². The van der Waals surface area contributed by atoms with Crippen LogP contribution in [0.5, 0.6) is 0 Å². The number of hydrogen-bond acceptors (Lipinski definition) is 3. The zero-order valence-electron chi connectivity index (χ0n) is 9.17. The van der Waals surface area contributed by atoms with Crippen molar-refractivity contribution in [2.45, 2.75) is 18.4 Å². The predicted octanol–water partition coefficient (Wildman–Crippen LogP) is 1.87. The summed E-state index contributed by atoms with van der Waals surface area (Å²) >= 11 is 6.10. The predicted molar refractivity (Wildman–Crippen MR) is 67.0 cm³/mol. The van der Waals surface area contributed by atoms with Gasteiger partial charge in [-0.15, -0.1) is 0 Å². The third kappa shape index (κ3) is 2.48. The standard InChI is InChI=1S/C12H17ClN2O/c13-10-3-1-2-4-11(10)15-12(9-16)5-7-14-8-6-12/h1-4,14-16H,5-9H2. The third-order valence-electron chi connectivity index (χ3n) is 3.14. The highest BCUT2D eigenvalue weighted by molar-refractivity contribution is 6.33. The Balaban J connectivity index is 2.15. The van der Waals surface area contributed by atoms with E-state index in [0.29, 0.717) is 5.02 Å². The van der Waals surface area contributed by atoms with Crippen molar-refractivity contribution >= 4 is 17.3 Å². The summed E-state index contributed by atoms with van der Waals surface area (Å²) in [7, 11) is 0. The van der Waals surface area contributed by atoms with Crippen molar-refractivity contribution in [3.8, 4) is 0 Å². The SMILES string of the molecule is OCC1(Nc2ccccc2Cl)CCNCC1. The summed E-state index contributed by atoms with van der Waals surface area (Å²) in [6.45, 7) is 2.00. The molecule has 1 aromatic rings. The Morgan fingerprint density at radius 2 is 2.00 bits per heavy atom. The molecule has 1 aromatic carbocycles. The van der Waals surface area contributed by atoms with Gasteiger partial charge in [0.25, 0.3) is 0 Å². The molecule has 3 nitrogen and oxygen atoms in total. The van der Waals surface area contributed by atoms with E-state index < -0.39 is 0 Å². The zero-order valence-corrected chi connectivity index (χ0v) is 9.93. The molecule has 0 radical (unpaired) electrons. The molecule has 0 saturated carbocycles. The molecule has 0 aliphatic carbocycles. The second kappa shape index (κ2) is 5.04. The van der Waals surface area contributed by atoms with Crippen molar-refractivity contribution in [3.05, 3.63) is 29.3 Å². The van der Waals surface area contributed by atoms with Crippen molar-refractivity contribution in [3.63, 3.8) is 0 Å². The van der Waals surface area contributed by atoms with Gasteiger partial charge in [-0.2, -0.15) is 0 Å². The molecule has 3 N–H and O–H groups in total. The Morgan fingerprint density at radius 1 is 1.31 bits per heavy atom. The molecule has 0 amide bonds. The summed E-state index contributed by atoms with van der Waals surface area (Å²) in [5.41, 5.74) is 0.677. The molecule has 1 fully saturated rings. The smallest absolute Gasteiger partial charge is 0.0662 e. The molecule has 1 aliphatic rings.